The number of rotatable bonds is 3. The van der Waals surface area contributed by atoms with Crippen molar-refractivity contribution < 1.29 is 22.7 Å². The van der Waals surface area contributed by atoms with E-state index in [4.69, 9.17) is 0 Å². The third-order valence-electron chi connectivity index (χ3n) is 3.53. The van der Waals surface area contributed by atoms with Crippen molar-refractivity contribution in [3.63, 3.8) is 0 Å². The van der Waals surface area contributed by atoms with Crippen LogP contribution in [0, 0.1) is 5.82 Å². The quantitative estimate of drug-likeness (QED) is 0.412. The molecule has 3 rings (SSSR count). The fourth-order valence-electron chi connectivity index (χ4n) is 2.28. The number of benzene rings is 2. The van der Waals surface area contributed by atoms with Crippen molar-refractivity contribution in [1.82, 2.24) is 9.97 Å². The van der Waals surface area contributed by atoms with Crippen LogP contribution in [-0.2, 0) is 6.18 Å². The van der Waals surface area contributed by atoms with Crippen LogP contribution in [0.5, 0.6) is 5.75 Å². The third kappa shape index (κ3) is 3.56. The SMILES string of the molecule is C/C(=N\Nc1nc(C(F)(F)F)nc2ccccc12)c1cc(F)ccc1O. The smallest absolute Gasteiger partial charge is 0.451 e. The third-order valence-corrected chi connectivity index (χ3v) is 3.53. The molecular weight excluding hydrogens is 352 g/mol. The van der Waals surface area contributed by atoms with Gasteiger partial charge in [-0.2, -0.15) is 18.3 Å². The zero-order chi connectivity index (χ0) is 18.9. The molecule has 1 heterocycles. The van der Waals surface area contributed by atoms with Gasteiger partial charge in [-0.3, -0.25) is 5.43 Å². The maximum atomic E-state index is 13.3. The number of alkyl halides is 3. The van der Waals surface area contributed by atoms with E-state index in [9.17, 15) is 22.7 Å². The summed E-state index contributed by atoms with van der Waals surface area (Å²) < 4.78 is 52.3. The van der Waals surface area contributed by atoms with Crippen LogP contribution < -0.4 is 5.43 Å². The zero-order valence-electron chi connectivity index (χ0n) is 13.3. The molecule has 0 aliphatic rings. The largest absolute Gasteiger partial charge is 0.507 e. The molecule has 26 heavy (non-hydrogen) atoms. The lowest BCUT2D eigenvalue weighted by atomic mass is 10.1. The molecule has 0 atom stereocenters. The van der Waals surface area contributed by atoms with Crippen molar-refractivity contribution in [1.29, 1.82) is 0 Å². The number of para-hydroxylation sites is 1. The fraction of sp³-hybridized carbons (Fsp3) is 0.118. The Labute approximate surface area is 145 Å². The van der Waals surface area contributed by atoms with Crippen molar-refractivity contribution in [3.05, 3.63) is 59.7 Å². The molecule has 9 heteroatoms. The van der Waals surface area contributed by atoms with Crippen LogP contribution in [-0.4, -0.2) is 20.8 Å². The predicted molar refractivity (Wildman–Crippen MR) is 88.4 cm³/mol. The van der Waals surface area contributed by atoms with Gasteiger partial charge in [0.2, 0.25) is 5.82 Å². The highest BCUT2D eigenvalue weighted by atomic mass is 19.4. The summed E-state index contributed by atoms with van der Waals surface area (Å²) in [5.74, 6) is -2.25. The van der Waals surface area contributed by atoms with Crippen LogP contribution in [0.15, 0.2) is 47.6 Å². The number of phenols is 1. The summed E-state index contributed by atoms with van der Waals surface area (Å²) in [7, 11) is 0. The summed E-state index contributed by atoms with van der Waals surface area (Å²) in [5, 5.41) is 14.0. The molecule has 1 aromatic heterocycles. The van der Waals surface area contributed by atoms with Gasteiger partial charge >= 0.3 is 6.18 Å². The van der Waals surface area contributed by atoms with E-state index in [1.165, 1.54) is 13.0 Å². The maximum Gasteiger partial charge on any atom is 0.451 e. The molecular formula is C17H12F4N4O. The topological polar surface area (TPSA) is 70.4 Å². The number of halogens is 4. The van der Waals surface area contributed by atoms with Gasteiger partial charge < -0.3 is 5.11 Å². The van der Waals surface area contributed by atoms with E-state index >= 15 is 0 Å². The normalized spacial score (nSPS) is 12.4. The number of fused-ring (bicyclic) bond motifs is 1. The van der Waals surface area contributed by atoms with Crippen molar-refractivity contribution in [3.8, 4) is 5.75 Å². The van der Waals surface area contributed by atoms with Crippen molar-refractivity contribution in [2.45, 2.75) is 13.1 Å². The predicted octanol–water partition coefficient (Wildman–Crippen LogP) is 4.33. The van der Waals surface area contributed by atoms with Gasteiger partial charge in [-0.15, -0.1) is 0 Å². The molecule has 5 nitrogen and oxygen atoms in total. The summed E-state index contributed by atoms with van der Waals surface area (Å²) in [6.45, 7) is 1.47. The molecule has 3 aromatic rings. The highest BCUT2D eigenvalue weighted by molar-refractivity contribution is 6.01. The van der Waals surface area contributed by atoms with E-state index in [1.807, 2.05) is 0 Å². The Hall–Kier alpha value is -3.23. The lowest BCUT2D eigenvalue weighted by Gasteiger charge is -2.11. The van der Waals surface area contributed by atoms with Crippen LogP contribution in [0.1, 0.15) is 18.3 Å². The molecule has 0 aliphatic heterocycles. The van der Waals surface area contributed by atoms with Crippen molar-refractivity contribution in [2.24, 2.45) is 5.10 Å². The number of phenolic OH excluding ortho intramolecular Hbond substituents is 1. The van der Waals surface area contributed by atoms with E-state index in [1.54, 1.807) is 18.2 Å². The van der Waals surface area contributed by atoms with Crippen LogP contribution in [0.3, 0.4) is 0 Å². The van der Waals surface area contributed by atoms with E-state index in [0.717, 1.165) is 18.2 Å². The monoisotopic (exact) mass is 364 g/mol. The minimum Gasteiger partial charge on any atom is -0.507 e. The van der Waals surface area contributed by atoms with Crippen LogP contribution in [0.2, 0.25) is 0 Å². The lowest BCUT2D eigenvalue weighted by molar-refractivity contribution is -0.144. The van der Waals surface area contributed by atoms with E-state index < -0.39 is 17.8 Å². The average Bonchev–Trinajstić information content (AvgIpc) is 2.60. The van der Waals surface area contributed by atoms with Gasteiger partial charge in [0.1, 0.15) is 11.6 Å². The number of aromatic nitrogens is 2. The van der Waals surface area contributed by atoms with Gasteiger partial charge in [0.05, 0.1) is 11.2 Å². The molecule has 0 amide bonds. The molecule has 0 unspecified atom stereocenters. The number of aromatic hydroxyl groups is 1. The second-order valence-electron chi connectivity index (χ2n) is 5.38. The zero-order valence-corrected chi connectivity index (χ0v) is 13.3. The van der Waals surface area contributed by atoms with Gasteiger partial charge in [0.15, 0.2) is 5.82 Å². The Morgan fingerprint density at radius 3 is 2.58 bits per heavy atom. The van der Waals surface area contributed by atoms with Gasteiger partial charge in [-0.25, -0.2) is 14.4 Å². The number of anilines is 1. The summed E-state index contributed by atoms with van der Waals surface area (Å²) in [4.78, 5) is 6.99. The van der Waals surface area contributed by atoms with Gasteiger partial charge in [-0.1, -0.05) is 12.1 Å². The Balaban J connectivity index is 2.04. The first-order valence-electron chi connectivity index (χ1n) is 7.39. The summed E-state index contributed by atoms with van der Waals surface area (Å²) in [6.07, 6.45) is -4.72. The van der Waals surface area contributed by atoms with Gasteiger partial charge in [-0.05, 0) is 37.3 Å². The number of nitrogens with zero attached hydrogens (tertiary/aromatic N) is 3. The van der Waals surface area contributed by atoms with E-state index in [0.29, 0.717) is 5.39 Å². The van der Waals surface area contributed by atoms with Crippen LogP contribution in [0.4, 0.5) is 23.4 Å². The molecule has 0 aliphatic carbocycles. The molecule has 2 aromatic carbocycles. The molecule has 0 saturated heterocycles. The Bertz CT molecular complexity index is 1000. The molecule has 0 radical (unpaired) electrons. The highest BCUT2D eigenvalue weighted by Crippen LogP contribution is 2.30. The first kappa shape index (κ1) is 17.6. The molecule has 0 bridgehead atoms. The molecule has 2 N–H and O–H groups in total. The molecule has 0 fully saturated rings. The Morgan fingerprint density at radius 2 is 1.85 bits per heavy atom. The second-order valence-corrected chi connectivity index (χ2v) is 5.38. The molecule has 0 spiro atoms. The number of nitrogens with one attached hydrogen (secondary N) is 1. The van der Waals surface area contributed by atoms with Gasteiger partial charge in [0.25, 0.3) is 0 Å². The van der Waals surface area contributed by atoms with E-state index in [-0.39, 0.29) is 28.4 Å². The first-order valence-corrected chi connectivity index (χ1v) is 7.39. The number of hydrogen-bond acceptors (Lipinski definition) is 5. The first-order chi connectivity index (χ1) is 12.3. The standard InChI is InChI=1S/C17H12F4N4O/c1-9(12-8-10(18)6-7-14(12)26)24-25-15-11-4-2-3-5-13(11)22-16(23-15)17(19,20)21/h2-8,26H,1H3,(H,22,23,25)/b24-9+. The minimum absolute atomic E-state index is 0.0961. The van der Waals surface area contributed by atoms with Gasteiger partial charge in [0, 0.05) is 10.9 Å². The second kappa shape index (κ2) is 6.58. The average molecular weight is 364 g/mol. The molecule has 0 saturated carbocycles. The van der Waals surface area contributed by atoms with Crippen molar-refractivity contribution >= 4 is 22.4 Å². The maximum absolute atomic E-state index is 13.3. The lowest BCUT2D eigenvalue weighted by Crippen LogP contribution is -2.13. The molecule has 134 valence electrons. The summed E-state index contributed by atoms with van der Waals surface area (Å²) >= 11 is 0. The number of hydrazone groups is 1. The van der Waals surface area contributed by atoms with Crippen LogP contribution in [0.25, 0.3) is 10.9 Å². The van der Waals surface area contributed by atoms with Crippen LogP contribution >= 0.6 is 0 Å². The minimum atomic E-state index is -4.72. The van der Waals surface area contributed by atoms with E-state index in [2.05, 4.69) is 20.5 Å². The fourth-order valence-corrected chi connectivity index (χ4v) is 2.28. The summed E-state index contributed by atoms with van der Waals surface area (Å²) in [5.41, 5.74) is 2.81. The summed E-state index contributed by atoms with van der Waals surface area (Å²) in [6, 6.07) is 9.44. The number of hydrogen-bond donors (Lipinski definition) is 2. The highest BCUT2D eigenvalue weighted by Gasteiger charge is 2.35. The Morgan fingerprint density at radius 1 is 1.12 bits per heavy atom. The van der Waals surface area contributed by atoms with Crippen molar-refractivity contribution in [2.75, 3.05) is 5.43 Å². The Kier molecular flexibility index (Phi) is 4.45.